The van der Waals surface area contributed by atoms with Crippen LogP contribution in [0.1, 0.15) is 24.8 Å². The van der Waals surface area contributed by atoms with Crippen LogP contribution in [-0.2, 0) is 6.54 Å². The summed E-state index contributed by atoms with van der Waals surface area (Å²) < 4.78 is 20.6. The first-order valence-electron chi connectivity index (χ1n) is 15.2. The smallest absolute Gasteiger partial charge is 0.155 e. The second-order valence-corrected chi connectivity index (χ2v) is 11.9. The Kier molecular flexibility index (Phi) is 7.80. The minimum Gasteiger partial charge on any atom is -0.492 e. The summed E-state index contributed by atoms with van der Waals surface area (Å²) in [4.78, 5) is 17.3. The van der Waals surface area contributed by atoms with Gasteiger partial charge in [-0.15, -0.1) is 0 Å². The number of hydrogen-bond acceptors (Lipinski definition) is 6. The van der Waals surface area contributed by atoms with Gasteiger partial charge in [-0.1, -0.05) is 18.6 Å². The van der Waals surface area contributed by atoms with Gasteiger partial charge in [0.25, 0.3) is 0 Å². The molecule has 0 bridgehead atoms. The number of aromatic amines is 2. The molecule has 1 saturated heterocycles. The van der Waals surface area contributed by atoms with E-state index in [0.717, 1.165) is 76.1 Å². The van der Waals surface area contributed by atoms with Crippen molar-refractivity contribution in [1.82, 2.24) is 34.9 Å². The number of hydrogen-bond donors (Lipinski definition) is 2. The van der Waals surface area contributed by atoms with E-state index in [0.29, 0.717) is 18.0 Å². The second-order valence-electron chi connectivity index (χ2n) is 11.9. The standard InChI is InChI=1S/C35H36FN7O/c1-42(2)11-12-44-28-15-24(14-27(36)17-28)29-7-6-8-32-30(29)18-33(39-32)34-31-16-26(21-38-35(31)41-40-34)25-13-23(19-37-20-25)22-43-9-4-3-5-10-43/h6-8,13-21,39H,3-5,9-12,22H2,1-2H3,(H,38,40,41). The molecule has 2 aromatic carbocycles. The first-order chi connectivity index (χ1) is 21.5. The molecule has 0 saturated carbocycles. The van der Waals surface area contributed by atoms with E-state index < -0.39 is 0 Å². The fraction of sp³-hybridized carbons (Fsp3) is 0.286. The average Bonchev–Trinajstić information content (AvgIpc) is 3.65. The number of nitrogens with zero attached hydrogens (tertiary/aromatic N) is 5. The Labute approximate surface area is 255 Å². The van der Waals surface area contributed by atoms with Crippen LogP contribution in [0.15, 0.2) is 73.2 Å². The van der Waals surface area contributed by atoms with Crippen LogP contribution in [0.2, 0.25) is 0 Å². The summed E-state index contributed by atoms with van der Waals surface area (Å²) in [7, 11) is 3.96. The van der Waals surface area contributed by atoms with Gasteiger partial charge >= 0.3 is 0 Å². The maximum absolute atomic E-state index is 14.7. The third-order valence-electron chi connectivity index (χ3n) is 8.31. The van der Waals surface area contributed by atoms with Crippen molar-refractivity contribution >= 4 is 21.9 Å². The molecule has 2 N–H and O–H groups in total. The van der Waals surface area contributed by atoms with Crippen LogP contribution in [0, 0.1) is 5.82 Å². The fourth-order valence-electron chi connectivity index (χ4n) is 6.06. The summed E-state index contributed by atoms with van der Waals surface area (Å²) >= 11 is 0. The zero-order chi connectivity index (χ0) is 30.0. The molecule has 4 aromatic heterocycles. The molecule has 44 heavy (non-hydrogen) atoms. The molecule has 1 fully saturated rings. The molecule has 9 heteroatoms. The van der Waals surface area contributed by atoms with Crippen LogP contribution in [0.4, 0.5) is 4.39 Å². The Morgan fingerprint density at radius 1 is 0.909 bits per heavy atom. The number of ether oxygens (including phenoxy) is 1. The van der Waals surface area contributed by atoms with E-state index in [-0.39, 0.29) is 5.82 Å². The summed E-state index contributed by atoms with van der Waals surface area (Å²) in [6, 6.07) is 17.3. The Morgan fingerprint density at radius 2 is 1.77 bits per heavy atom. The number of H-pyrrole nitrogens is 2. The molecule has 5 heterocycles. The predicted molar refractivity (Wildman–Crippen MR) is 173 cm³/mol. The summed E-state index contributed by atoms with van der Waals surface area (Å²) in [5, 5.41) is 9.63. The first kappa shape index (κ1) is 28.2. The Balaban J connectivity index is 1.21. The molecule has 7 rings (SSSR count). The topological polar surface area (TPSA) is 86.0 Å². The van der Waals surface area contributed by atoms with Crippen LogP contribution in [0.3, 0.4) is 0 Å². The molecule has 8 nitrogen and oxygen atoms in total. The second kappa shape index (κ2) is 12.2. The molecule has 0 amide bonds. The summed E-state index contributed by atoms with van der Waals surface area (Å²) in [6.07, 6.45) is 9.59. The van der Waals surface area contributed by atoms with Gasteiger partial charge < -0.3 is 14.6 Å². The van der Waals surface area contributed by atoms with Gasteiger partial charge in [0, 0.05) is 65.2 Å². The number of pyridine rings is 2. The number of fused-ring (bicyclic) bond motifs is 2. The quantitative estimate of drug-likeness (QED) is 0.191. The lowest BCUT2D eigenvalue weighted by Gasteiger charge is -2.26. The minimum atomic E-state index is -0.332. The van der Waals surface area contributed by atoms with Crippen LogP contribution in [-0.4, -0.2) is 75.3 Å². The van der Waals surface area contributed by atoms with E-state index in [2.05, 4.69) is 43.3 Å². The van der Waals surface area contributed by atoms with Crippen LogP contribution >= 0.6 is 0 Å². The SMILES string of the molecule is CN(C)CCOc1cc(F)cc(-c2cccc3[nH]c(-c4n[nH]c5ncc(-c6cncc(CN7CCCCC7)c6)cc45)cc23)c1. The Bertz CT molecular complexity index is 1920. The number of aromatic nitrogens is 5. The van der Waals surface area contributed by atoms with Gasteiger partial charge in [0.05, 0.1) is 5.69 Å². The molecular weight excluding hydrogens is 553 g/mol. The largest absolute Gasteiger partial charge is 0.492 e. The highest BCUT2D eigenvalue weighted by Gasteiger charge is 2.17. The number of benzene rings is 2. The van der Waals surface area contributed by atoms with E-state index in [9.17, 15) is 4.39 Å². The Morgan fingerprint density at radius 3 is 2.64 bits per heavy atom. The summed E-state index contributed by atoms with van der Waals surface area (Å²) in [6.45, 7) is 4.44. The van der Waals surface area contributed by atoms with Crippen LogP contribution < -0.4 is 4.74 Å². The molecule has 1 aliphatic heterocycles. The lowest BCUT2D eigenvalue weighted by Crippen LogP contribution is -2.29. The number of piperidine rings is 1. The summed E-state index contributed by atoms with van der Waals surface area (Å²) in [5.74, 6) is 0.183. The maximum Gasteiger partial charge on any atom is 0.155 e. The first-order valence-corrected chi connectivity index (χ1v) is 15.2. The van der Waals surface area contributed by atoms with E-state index in [1.807, 2.05) is 61.9 Å². The molecule has 0 radical (unpaired) electrons. The number of rotatable bonds is 9. The van der Waals surface area contributed by atoms with E-state index in [1.54, 1.807) is 6.07 Å². The van der Waals surface area contributed by atoms with Gasteiger partial charge in [0.2, 0.25) is 0 Å². The normalized spacial score (nSPS) is 14.2. The number of halogens is 1. The van der Waals surface area contributed by atoms with Crippen molar-refractivity contribution in [2.45, 2.75) is 25.8 Å². The molecule has 0 atom stereocenters. The zero-order valence-corrected chi connectivity index (χ0v) is 25.1. The highest BCUT2D eigenvalue weighted by molar-refractivity contribution is 6.01. The third kappa shape index (κ3) is 5.93. The molecule has 0 unspecified atom stereocenters. The molecule has 224 valence electrons. The van der Waals surface area contributed by atoms with E-state index >= 15 is 0 Å². The van der Waals surface area contributed by atoms with Crippen LogP contribution in [0.25, 0.3) is 55.6 Å². The van der Waals surface area contributed by atoms with Gasteiger partial charge in [-0.2, -0.15) is 5.10 Å². The van der Waals surface area contributed by atoms with E-state index in [1.165, 1.54) is 30.9 Å². The van der Waals surface area contributed by atoms with Gasteiger partial charge in [-0.05, 0) is 93.1 Å². The molecule has 0 spiro atoms. The fourth-order valence-corrected chi connectivity index (χ4v) is 6.06. The van der Waals surface area contributed by atoms with Crippen LogP contribution in [0.5, 0.6) is 5.75 Å². The van der Waals surface area contributed by atoms with Gasteiger partial charge in [0.15, 0.2) is 5.65 Å². The van der Waals surface area contributed by atoms with Gasteiger partial charge in [-0.3, -0.25) is 15.0 Å². The predicted octanol–water partition coefficient (Wildman–Crippen LogP) is 6.90. The highest BCUT2D eigenvalue weighted by Crippen LogP contribution is 2.36. The van der Waals surface area contributed by atoms with Gasteiger partial charge in [-0.25, -0.2) is 9.37 Å². The zero-order valence-electron chi connectivity index (χ0n) is 25.1. The van der Waals surface area contributed by atoms with E-state index in [4.69, 9.17) is 9.72 Å². The van der Waals surface area contributed by atoms with Crippen molar-refractivity contribution < 1.29 is 9.13 Å². The average molecular weight is 590 g/mol. The summed E-state index contributed by atoms with van der Waals surface area (Å²) in [5.41, 5.74) is 8.20. The number of nitrogens with one attached hydrogen (secondary N) is 2. The van der Waals surface area contributed by atoms with Gasteiger partial charge in [0.1, 0.15) is 23.9 Å². The monoisotopic (exact) mass is 589 g/mol. The molecule has 1 aliphatic rings. The highest BCUT2D eigenvalue weighted by atomic mass is 19.1. The Hall–Kier alpha value is -4.60. The van der Waals surface area contributed by atoms with Crippen molar-refractivity contribution in [3.63, 3.8) is 0 Å². The number of likely N-dealkylation sites (N-methyl/N-ethyl adjacent to an activating group) is 1. The van der Waals surface area contributed by atoms with Crippen molar-refractivity contribution in [3.05, 3.63) is 84.6 Å². The third-order valence-corrected chi connectivity index (χ3v) is 8.31. The molecule has 6 aromatic rings. The number of likely N-dealkylation sites (tertiary alicyclic amines) is 1. The lowest BCUT2D eigenvalue weighted by molar-refractivity contribution is 0.220. The van der Waals surface area contributed by atoms with Crippen molar-refractivity contribution in [1.29, 1.82) is 0 Å². The minimum absolute atomic E-state index is 0.332. The van der Waals surface area contributed by atoms with Crippen molar-refractivity contribution in [3.8, 4) is 39.4 Å². The maximum atomic E-state index is 14.7. The van der Waals surface area contributed by atoms with Crippen molar-refractivity contribution in [2.75, 3.05) is 40.3 Å². The molecule has 0 aliphatic carbocycles. The molecular formula is C35H36FN7O. The lowest BCUT2D eigenvalue weighted by atomic mass is 10.0. The van der Waals surface area contributed by atoms with Crippen molar-refractivity contribution in [2.24, 2.45) is 0 Å².